The zero-order valence-electron chi connectivity index (χ0n) is 17.7. The monoisotopic (exact) mass is 399 g/mol. The number of guanidine groups is 1. The number of para-hydroxylation sites is 1. The number of aliphatic hydroxyl groups excluding tert-OH is 1. The fraction of sp³-hybridized carbons (Fsp3) is 0.545. The zero-order chi connectivity index (χ0) is 20.7. The maximum atomic E-state index is 9.44. The van der Waals surface area contributed by atoms with Gasteiger partial charge in [-0.05, 0) is 51.3 Å². The standard InChI is InChI=1S/C22H33N5O2/c1-4-23-21(25-15-22(9-11-28)10-12-29-16-22)24-14-19-7-5-6-8-20(19)27-18(3)13-17(2)26-27/h5-8,13,28H,4,9-12,14-16H2,1-3H3,(H2,23,24,25). The molecule has 1 unspecified atom stereocenters. The number of hydrogen-bond donors (Lipinski definition) is 3. The number of aliphatic hydroxyl groups is 1. The molecule has 7 nitrogen and oxygen atoms in total. The van der Waals surface area contributed by atoms with E-state index < -0.39 is 0 Å². The highest BCUT2D eigenvalue weighted by atomic mass is 16.5. The zero-order valence-corrected chi connectivity index (χ0v) is 17.7. The summed E-state index contributed by atoms with van der Waals surface area (Å²) in [4.78, 5) is 4.81. The fourth-order valence-corrected chi connectivity index (χ4v) is 3.81. The highest BCUT2D eigenvalue weighted by molar-refractivity contribution is 5.79. The second-order valence-electron chi connectivity index (χ2n) is 7.79. The first-order chi connectivity index (χ1) is 14.1. The van der Waals surface area contributed by atoms with Crippen molar-refractivity contribution >= 4 is 5.96 Å². The van der Waals surface area contributed by atoms with Gasteiger partial charge in [-0.2, -0.15) is 5.10 Å². The number of benzene rings is 1. The van der Waals surface area contributed by atoms with Crippen LogP contribution in [0.5, 0.6) is 0 Å². The Morgan fingerprint density at radius 2 is 2.14 bits per heavy atom. The lowest BCUT2D eigenvalue weighted by Gasteiger charge is -2.27. The van der Waals surface area contributed by atoms with E-state index in [0.717, 1.165) is 61.1 Å². The van der Waals surface area contributed by atoms with Gasteiger partial charge in [-0.3, -0.25) is 0 Å². The summed E-state index contributed by atoms with van der Waals surface area (Å²) in [7, 11) is 0. The van der Waals surface area contributed by atoms with Crippen LogP contribution in [0.4, 0.5) is 0 Å². The highest BCUT2D eigenvalue weighted by Gasteiger charge is 2.34. The van der Waals surface area contributed by atoms with Gasteiger partial charge in [0.15, 0.2) is 5.96 Å². The molecule has 1 saturated heterocycles. The minimum atomic E-state index is -0.0213. The minimum absolute atomic E-state index is 0.0213. The molecule has 0 aliphatic carbocycles. The summed E-state index contributed by atoms with van der Waals surface area (Å²) >= 11 is 0. The first-order valence-corrected chi connectivity index (χ1v) is 10.4. The van der Waals surface area contributed by atoms with Gasteiger partial charge in [0, 0.05) is 37.4 Å². The summed E-state index contributed by atoms with van der Waals surface area (Å²) in [5.41, 5.74) is 4.26. The number of aryl methyl sites for hydroxylation is 2. The van der Waals surface area contributed by atoms with Gasteiger partial charge in [-0.1, -0.05) is 18.2 Å². The van der Waals surface area contributed by atoms with Gasteiger partial charge in [-0.15, -0.1) is 0 Å². The largest absolute Gasteiger partial charge is 0.396 e. The molecule has 1 atom stereocenters. The molecule has 1 aliphatic heterocycles. The quantitative estimate of drug-likeness (QED) is 0.469. The van der Waals surface area contributed by atoms with Crippen molar-refractivity contribution in [3.8, 4) is 5.69 Å². The Bertz CT molecular complexity index is 824. The number of rotatable bonds is 8. The van der Waals surface area contributed by atoms with E-state index in [9.17, 15) is 5.11 Å². The van der Waals surface area contributed by atoms with Crippen LogP contribution in [0.2, 0.25) is 0 Å². The second-order valence-corrected chi connectivity index (χ2v) is 7.79. The van der Waals surface area contributed by atoms with Gasteiger partial charge in [-0.25, -0.2) is 9.67 Å². The second kappa shape index (κ2) is 9.89. The van der Waals surface area contributed by atoms with Crippen molar-refractivity contribution in [2.45, 2.75) is 40.2 Å². The fourth-order valence-electron chi connectivity index (χ4n) is 3.81. The maximum Gasteiger partial charge on any atom is 0.191 e. The lowest BCUT2D eigenvalue weighted by Crippen LogP contribution is -2.44. The number of ether oxygens (including phenoxy) is 1. The van der Waals surface area contributed by atoms with Gasteiger partial charge in [0.2, 0.25) is 0 Å². The van der Waals surface area contributed by atoms with Crippen molar-refractivity contribution in [2.24, 2.45) is 10.4 Å². The average molecular weight is 400 g/mol. The van der Waals surface area contributed by atoms with Crippen molar-refractivity contribution in [1.29, 1.82) is 0 Å². The van der Waals surface area contributed by atoms with Crippen molar-refractivity contribution in [1.82, 2.24) is 20.4 Å². The summed E-state index contributed by atoms with van der Waals surface area (Å²) in [6, 6.07) is 10.3. The number of aliphatic imine (C=N–C) groups is 1. The third-order valence-electron chi connectivity index (χ3n) is 5.44. The molecular formula is C22H33N5O2. The van der Waals surface area contributed by atoms with Crippen molar-refractivity contribution in [3.05, 3.63) is 47.3 Å². The number of nitrogens with zero attached hydrogens (tertiary/aromatic N) is 3. The predicted octanol–water partition coefficient (Wildman–Crippen LogP) is 2.33. The van der Waals surface area contributed by atoms with Crippen LogP contribution in [-0.2, 0) is 11.3 Å². The SMILES string of the molecule is CCNC(=NCc1ccccc1-n1nc(C)cc1C)NCC1(CCO)CCOC1. The van der Waals surface area contributed by atoms with Crippen LogP contribution in [0.25, 0.3) is 5.69 Å². The molecule has 2 aromatic rings. The number of aromatic nitrogens is 2. The van der Waals surface area contributed by atoms with E-state index in [0.29, 0.717) is 13.2 Å². The molecule has 1 aromatic heterocycles. The molecule has 1 aromatic carbocycles. The average Bonchev–Trinajstić information content (AvgIpc) is 3.31. The lowest BCUT2D eigenvalue weighted by atomic mass is 9.84. The van der Waals surface area contributed by atoms with Gasteiger partial charge in [0.1, 0.15) is 0 Å². The molecule has 1 aliphatic rings. The van der Waals surface area contributed by atoms with E-state index in [-0.39, 0.29) is 12.0 Å². The Kier molecular flexibility index (Phi) is 7.28. The van der Waals surface area contributed by atoms with Gasteiger partial charge < -0.3 is 20.5 Å². The van der Waals surface area contributed by atoms with E-state index in [4.69, 9.17) is 9.73 Å². The van der Waals surface area contributed by atoms with Crippen molar-refractivity contribution < 1.29 is 9.84 Å². The Morgan fingerprint density at radius 1 is 1.31 bits per heavy atom. The molecule has 2 heterocycles. The Hall–Kier alpha value is -2.38. The predicted molar refractivity (Wildman–Crippen MR) is 115 cm³/mol. The molecule has 0 bridgehead atoms. The molecule has 7 heteroatoms. The molecule has 1 fully saturated rings. The Morgan fingerprint density at radius 3 is 2.79 bits per heavy atom. The number of nitrogens with one attached hydrogen (secondary N) is 2. The summed E-state index contributed by atoms with van der Waals surface area (Å²) in [6.07, 6.45) is 1.70. The molecule has 0 saturated carbocycles. The van der Waals surface area contributed by atoms with Crippen LogP contribution in [0.3, 0.4) is 0 Å². The van der Waals surface area contributed by atoms with E-state index in [1.807, 2.05) is 23.7 Å². The van der Waals surface area contributed by atoms with Gasteiger partial charge in [0.25, 0.3) is 0 Å². The van der Waals surface area contributed by atoms with Crippen LogP contribution in [0, 0.1) is 19.3 Å². The van der Waals surface area contributed by atoms with E-state index >= 15 is 0 Å². The van der Waals surface area contributed by atoms with Crippen LogP contribution in [0.15, 0.2) is 35.3 Å². The lowest BCUT2D eigenvalue weighted by molar-refractivity contribution is 0.127. The van der Waals surface area contributed by atoms with E-state index in [1.54, 1.807) is 0 Å². The first-order valence-electron chi connectivity index (χ1n) is 10.4. The normalized spacial score (nSPS) is 19.5. The minimum Gasteiger partial charge on any atom is -0.396 e. The summed E-state index contributed by atoms with van der Waals surface area (Å²) < 4.78 is 7.57. The third-order valence-corrected chi connectivity index (χ3v) is 5.44. The van der Waals surface area contributed by atoms with E-state index in [2.05, 4.69) is 47.8 Å². The molecule has 0 spiro atoms. The Balaban J connectivity index is 1.75. The van der Waals surface area contributed by atoms with Crippen molar-refractivity contribution in [2.75, 3.05) is 32.9 Å². The smallest absolute Gasteiger partial charge is 0.191 e. The Labute approximate surface area is 173 Å². The molecule has 3 rings (SSSR count). The molecule has 0 radical (unpaired) electrons. The molecule has 0 amide bonds. The maximum absolute atomic E-state index is 9.44. The molecule has 3 N–H and O–H groups in total. The molecular weight excluding hydrogens is 366 g/mol. The third kappa shape index (κ3) is 5.36. The summed E-state index contributed by atoms with van der Waals surface area (Å²) in [6.45, 7) is 9.81. The molecule has 158 valence electrons. The highest BCUT2D eigenvalue weighted by Crippen LogP contribution is 2.31. The summed E-state index contributed by atoms with van der Waals surface area (Å²) in [5.74, 6) is 0.778. The van der Waals surface area contributed by atoms with Crippen LogP contribution in [0.1, 0.15) is 36.7 Å². The topological polar surface area (TPSA) is 83.7 Å². The van der Waals surface area contributed by atoms with E-state index in [1.165, 1.54) is 0 Å². The van der Waals surface area contributed by atoms with Crippen molar-refractivity contribution in [3.63, 3.8) is 0 Å². The van der Waals surface area contributed by atoms with Crippen LogP contribution in [-0.4, -0.2) is 53.8 Å². The molecule has 29 heavy (non-hydrogen) atoms. The van der Waals surface area contributed by atoms with Crippen LogP contribution < -0.4 is 10.6 Å². The van der Waals surface area contributed by atoms with Gasteiger partial charge in [0.05, 0.1) is 24.5 Å². The number of hydrogen-bond acceptors (Lipinski definition) is 4. The first kappa shape index (κ1) is 21.3. The summed E-state index contributed by atoms with van der Waals surface area (Å²) in [5, 5.41) is 20.8. The van der Waals surface area contributed by atoms with Gasteiger partial charge >= 0.3 is 0 Å². The van der Waals surface area contributed by atoms with Crippen LogP contribution >= 0.6 is 0 Å².